The van der Waals surface area contributed by atoms with E-state index in [1.54, 1.807) is 11.8 Å². The van der Waals surface area contributed by atoms with E-state index >= 15 is 0 Å². The van der Waals surface area contributed by atoms with Gasteiger partial charge in [0.25, 0.3) is 0 Å². The molecule has 4 heteroatoms. The Bertz CT molecular complexity index is 343. The van der Waals surface area contributed by atoms with Gasteiger partial charge in [0, 0.05) is 11.8 Å². The van der Waals surface area contributed by atoms with Crippen LogP contribution in [0.4, 0.5) is 0 Å². The van der Waals surface area contributed by atoms with Crippen LogP contribution in [0, 0.1) is 0 Å². The fourth-order valence-electron chi connectivity index (χ4n) is 1.68. The van der Waals surface area contributed by atoms with Crippen molar-refractivity contribution < 1.29 is 9.90 Å². The molecule has 0 aliphatic heterocycles. The lowest BCUT2D eigenvalue weighted by Gasteiger charge is -2.22. The summed E-state index contributed by atoms with van der Waals surface area (Å²) in [6.45, 7) is 2.07. The van der Waals surface area contributed by atoms with Crippen LogP contribution < -0.4 is 5.32 Å². The number of benzene rings is 1. The first kappa shape index (κ1) is 14.1. The number of hydrogen-bond acceptors (Lipinski definition) is 3. The molecule has 0 radical (unpaired) electrons. The Morgan fingerprint density at radius 3 is 2.53 bits per heavy atom. The standard InChI is InChI=1S/C13H19NO2S/c1-3-11(9-17-2)14-12(13(15)16)10-7-5-4-6-8-10/h4-8,11-12,14H,3,9H2,1-2H3,(H,15,16). The minimum absolute atomic E-state index is 0.228. The summed E-state index contributed by atoms with van der Waals surface area (Å²) in [4.78, 5) is 11.3. The van der Waals surface area contributed by atoms with Crippen LogP contribution in [0.2, 0.25) is 0 Å². The molecule has 0 heterocycles. The monoisotopic (exact) mass is 253 g/mol. The molecule has 1 rings (SSSR count). The molecule has 2 unspecified atom stereocenters. The summed E-state index contributed by atoms with van der Waals surface area (Å²) >= 11 is 1.73. The summed E-state index contributed by atoms with van der Waals surface area (Å²) in [5.41, 5.74) is 0.805. The second-order valence-electron chi connectivity index (χ2n) is 3.91. The third-order valence-electron chi connectivity index (χ3n) is 2.64. The number of carboxylic acid groups (broad SMARTS) is 1. The average Bonchev–Trinajstić information content (AvgIpc) is 2.35. The first-order chi connectivity index (χ1) is 8.19. The number of aliphatic carboxylic acids is 1. The van der Waals surface area contributed by atoms with Crippen LogP contribution in [-0.2, 0) is 4.79 Å². The van der Waals surface area contributed by atoms with Gasteiger partial charge in [-0.1, -0.05) is 37.3 Å². The molecule has 0 bridgehead atoms. The molecule has 0 saturated heterocycles. The summed E-state index contributed by atoms with van der Waals surface area (Å²) in [6.07, 6.45) is 2.96. The Morgan fingerprint density at radius 2 is 2.06 bits per heavy atom. The van der Waals surface area contributed by atoms with E-state index in [0.717, 1.165) is 17.7 Å². The van der Waals surface area contributed by atoms with Gasteiger partial charge in [0.05, 0.1) is 0 Å². The van der Waals surface area contributed by atoms with Crippen LogP contribution in [0.25, 0.3) is 0 Å². The lowest BCUT2D eigenvalue weighted by Crippen LogP contribution is -2.38. The molecule has 1 aromatic carbocycles. The SMILES string of the molecule is CCC(CSC)NC(C(=O)O)c1ccccc1. The molecule has 2 atom stereocenters. The molecule has 0 aliphatic carbocycles. The summed E-state index contributed by atoms with van der Waals surface area (Å²) in [5, 5.41) is 12.5. The van der Waals surface area contributed by atoms with Crippen molar-refractivity contribution in [3.63, 3.8) is 0 Å². The molecule has 3 nitrogen and oxygen atoms in total. The smallest absolute Gasteiger partial charge is 0.325 e. The largest absolute Gasteiger partial charge is 0.480 e. The highest BCUT2D eigenvalue weighted by Crippen LogP contribution is 2.15. The van der Waals surface area contributed by atoms with E-state index < -0.39 is 12.0 Å². The maximum absolute atomic E-state index is 11.3. The van der Waals surface area contributed by atoms with Crippen molar-refractivity contribution in [1.82, 2.24) is 5.32 Å². The van der Waals surface area contributed by atoms with E-state index in [9.17, 15) is 9.90 Å². The third-order valence-corrected chi connectivity index (χ3v) is 3.38. The zero-order valence-corrected chi connectivity index (χ0v) is 11.0. The molecule has 0 aromatic heterocycles. The Balaban J connectivity index is 2.77. The first-order valence-electron chi connectivity index (χ1n) is 5.71. The van der Waals surface area contributed by atoms with E-state index in [-0.39, 0.29) is 6.04 Å². The van der Waals surface area contributed by atoms with Crippen molar-refractivity contribution in [2.45, 2.75) is 25.4 Å². The van der Waals surface area contributed by atoms with Gasteiger partial charge in [-0.15, -0.1) is 0 Å². The predicted octanol–water partition coefficient (Wildman–Crippen LogP) is 2.54. The molecular weight excluding hydrogens is 234 g/mol. The zero-order valence-electron chi connectivity index (χ0n) is 10.2. The molecule has 17 heavy (non-hydrogen) atoms. The third kappa shape index (κ3) is 4.40. The number of thioether (sulfide) groups is 1. The van der Waals surface area contributed by atoms with Crippen LogP contribution in [0.5, 0.6) is 0 Å². The van der Waals surface area contributed by atoms with Gasteiger partial charge in [-0.05, 0) is 18.2 Å². The van der Waals surface area contributed by atoms with Crippen LogP contribution in [0.15, 0.2) is 30.3 Å². The van der Waals surface area contributed by atoms with E-state index in [1.807, 2.05) is 36.6 Å². The summed E-state index contributed by atoms with van der Waals surface area (Å²) in [7, 11) is 0. The van der Waals surface area contributed by atoms with Gasteiger partial charge in [-0.25, -0.2) is 0 Å². The Kier molecular flexibility index (Phi) is 6.08. The number of carboxylic acids is 1. The fraction of sp³-hybridized carbons (Fsp3) is 0.462. The second-order valence-corrected chi connectivity index (χ2v) is 4.82. The van der Waals surface area contributed by atoms with Crippen molar-refractivity contribution in [1.29, 1.82) is 0 Å². The summed E-state index contributed by atoms with van der Waals surface area (Å²) in [5.74, 6) is 0.100. The van der Waals surface area contributed by atoms with Gasteiger partial charge in [0.15, 0.2) is 0 Å². The number of carbonyl (C=O) groups is 1. The van der Waals surface area contributed by atoms with Crippen molar-refractivity contribution in [3.8, 4) is 0 Å². The number of hydrogen-bond donors (Lipinski definition) is 2. The lowest BCUT2D eigenvalue weighted by atomic mass is 10.1. The molecule has 0 aliphatic rings. The van der Waals surface area contributed by atoms with Gasteiger partial charge in [-0.2, -0.15) is 11.8 Å². The van der Waals surface area contributed by atoms with E-state index in [1.165, 1.54) is 0 Å². The van der Waals surface area contributed by atoms with Gasteiger partial charge < -0.3 is 5.11 Å². The molecule has 0 amide bonds. The molecule has 0 saturated carbocycles. The highest BCUT2D eigenvalue weighted by molar-refractivity contribution is 7.98. The van der Waals surface area contributed by atoms with Crippen molar-refractivity contribution >= 4 is 17.7 Å². The Labute approximate surface area is 107 Å². The van der Waals surface area contributed by atoms with Crippen molar-refractivity contribution in [2.24, 2.45) is 0 Å². The molecular formula is C13H19NO2S. The summed E-state index contributed by atoms with van der Waals surface area (Å²) < 4.78 is 0. The molecule has 94 valence electrons. The van der Waals surface area contributed by atoms with Crippen LogP contribution in [0.1, 0.15) is 24.9 Å². The van der Waals surface area contributed by atoms with Crippen LogP contribution in [0.3, 0.4) is 0 Å². The Morgan fingerprint density at radius 1 is 1.41 bits per heavy atom. The van der Waals surface area contributed by atoms with Gasteiger partial charge in [0.1, 0.15) is 6.04 Å². The summed E-state index contributed by atoms with van der Waals surface area (Å²) in [6, 6.07) is 8.92. The van der Waals surface area contributed by atoms with Crippen molar-refractivity contribution in [2.75, 3.05) is 12.0 Å². The van der Waals surface area contributed by atoms with Crippen LogP contribution >= 0.6 is 11.8 Å². The minimum Gasteiger partial charge on any atom is -0.480 e. The van der Waals surface area contributed by atoms with E-state index in [2.05, 4.69) is 12.2 Å². The Hall–Kier alpha value is -1.00. The molecule has 2 N–H and O–H groups in total. The quantitative estimate of drug-likeness (QED) is 0.784. The number of rotatable bonds is 7. The minimum atomic E-state index is -0.823. The van der Waals surface area contributed by atoms with E-state index in [0.29, 0.717) is 0 Å². The molecule has 0 fully saturated rings. The highest BCUT2D eigenvalue weighted by Gasteiger charge is 2.21. The van der Waals surface area contributed by atoms with Crippen LogP contribution in [-0.4, -0.2) is 29.1 Å². The molecule has 1 aromatic rings. The maximum atomic E-state index is 11.3. The van der Waals surface area contributed by atoms with Gasteiger partial charge in [0.2, 0.25) is 0 Å². The fourth-order valence-corrected chi connectivity index (χ4v) is 2.41. The topological polar surface area (TPSA) is 49.3 Å². The zero-order chi connectivity index (χ0) is 12.7. The van der Waals surface area contributed by atoms with Crippen molar-refractivity contribution in [3.05, 3.63) is 35.9 Å². The molecule has 0 spiro atoms. The maximum Gasteiger partial charge on any atom is 0.325 e. The van der Waals surface area contributed by atoms with Gasteiger partial charge in [-0.3, -0.25) is 10.1 Å². The highest BCUT2D eigenvalue weighted by atomic mass is 32.2. The van der Waals surface area contributed by atoms with Gasteiger partial charge >= 0.3 is 5.97 Å². The first-order valence-corrected chi connectivity index (χ1v) is 7.11. The lowest BCUT2D eigenvalue weighted by molar-refractivity contribution is -0.139. The number of nitrogens with one attached hydrogen (secondary N) is 1. The normalized spacial score (nSPS) is 14.2. The average molecular weight is 253 g/mol. The second kappa shape index (κ2) is 7.35. The predicted molar refractivity (Wildman–Crippen MR) is 72.4 cm³/mol. The van der Waals surface area contributed by atoms with E-state index in [4.69, 9.17) is 0 Å².